The van der Waals surface area contributed by atoms with Crippen LogP contribution in [0.2, 0.25) is 5.02 Å². The molecule has 0 aliphatic carbocycles. The van der Waals surface area contributed by atoms with Gasteiger partial charge in [-0.25, -0.2) is 13.8 Å². The third-order valence-corrected chi connectivity index (χ3v) is 5.59. The molecule has 9 heteroatoms. The van der Waals surface area contributed by atoms with E-state index in [2.05, 4.69) is 10.3 Å². The number of anilines is 2. The van der Waals surface area contributed by atoms with Crippen molar-refractivity contribution in [2.75, 3.05) is 32.2 Å². The number of aromatic nitrogens is 2. The number of rotatable bonds is 6. The average Bonchev–Trinajstić information content (AvgIpc) is 3.19. The second kappa shape index (κ2) is 8.71. The molecule has 1 N–H and O–H groups in total. The molecule has 4 aromatic rings. The fraction of sp³-hybridized carbons (Fsp3) is 0.208. The molecule has 0 atom stereocenters. The predicted molar refractivity (Wildman–Crippen MR) is 124 cm³/mol. The molecule has 0 saturated heterocycles. The maximum absolute atomic E-state index is 15.1. The molecular weight excluding hydrogens is 449 g/mol. The number of hydrogen-bond acceptors (Lipinski definition) is 6. The molecule has 1 aliphatic heterocycles. The summed E-state index contributed by atoms with van der Waals surface area (Å²) in [6.07, 6.45) is 0. The van der Waals surface area contributed by atoms with Crippen LogP contribution >= 0.6 is 11.6 Å². The summed E-state index contributed by atoms with van der Waals surface area (Å²) in [6.45, 7) is 3.20. The van der Waals surface area contributed by atoms with Crippen LogP contribution in [0.25, 0.3) is 16.9 Å². The third-order valence-electron chi connectivity index (χ3n) is 5.21. The van der Waals surface area contributed by atoms with Gasteiger partial charge < -0.3 is 24.3 Å². The smallest absolute Gasteiger partial charge is 0.200 e. The number of benzene rings is 2. The van der Waals surface area contributed by atoms with Crippen LogP contribution < -0.4 is 24.3 Å². The molecule has 0 bridgehead atoms. The van der Waals surface area contributed by atoms with E-state index in [1.807, 2.05) is 31.2 Å². The zero-order valence-electron chi connectivity index (χ0n) is 18.0. The van der Waals surface area contributed by atoms with Crippen molar-refractivity contribution < 1.29 is 23.3 Å². The average molecular weight is 470 g/mol. The van der Waals surface area contributed by atoms with Gasteiger partial charge in [-0.1, -0.05) is 17.7 Å². The van der Waals surface area contributed by atoms with E-state index < -0.39 is 5.82 Å². The molecular formula is C24H21ClFN3O4. The molecule has 2 aromatic carbocycles. The van der Waals surface area contributed by atoms with E-state index in [1.165, 1.54) is 12.1 Å². The van der Waals surface area contributed by atoms with Crippen LogP contribution in [0.4, 0.5) is 15.9 Å². The monoisotopic (exact) mass is 469 g/mol. The summed E-state index contributed by atoms with van der Waals surface area (Å²) in [5.41, 5.74) is 1.71. The number of imidazole rings is 1. The highest BCUT2D eigenvalue weighted by Gasteiger charge is 2.24. The van der Waals surface area contributed by atoms with Gasteiger partial charge in [0.1, 0.15) is 41.9 Å². The number of halogens is 2. The molecule has 0 spiro atoms. The lowest BCUT2D eigenvalue weighted by molar-refractivity contribution is 0.171. The summed E-state index contributed by atoms with van der Waals surface area (Å²) in [5.74, 6) is 2.15. The molecule has 0 fully saturated rings. The lowest BCUT2D eigenvalue weighted by Gasteiger charge is -2.19. The van der Waals surface area contributed by atoms with E-state index in [9.17, 15) is 0 Å². The minimum atomic E-state index is -0.518. The first kappa shape index (κ1) is 21.2. The number of pyridine rings is 1. The van der Waals surface area contributed by atoms with Crippen LogP contribution in [-0.4, -0.2) is 36.3 Å². The zero-order chi connectivity index (χ0) is 22.9. The van der Waals surface area contributed by atoms with Crippen molar-refractivity contribution in [2.24, 2.45) is 0 Å². The fourth-order valence-corrected chi connectivity index (χ4v) is 4.09. The van der Waals surface area contributed by atoms with Crippen molar-refractivity contribution in [3.8, 4) is 34.4 Å². The van der Waals surface area contributed by atoms with E-state index in [0.29, 0.717) is 65.8 Å². The summed E-state index contributed by atoms with van der Waals surface area (Å²) < 4.78 is 39.3. The Hall–Kier alpha value is -3.65. The van der Waals surface area contributed by atoms with Crippen molar-refractivity contribution >= 4 is 28.8 Å². The Bertz CT molecular complexity index is 1340. The van der Waals surface area contributed by atoms with Crippen LogP contribution in [0.5, 0.6) is 23.1 Å². The first-order valence-electron chi connectivity index (χ1n) is 10.4. The molecule has 33 heavy (non-hydrogen) atoms. The zero-order valence-corrected chi connectivity index (χ0v) is 18.8. The highest BCUT2D eigenvalue weighted by Crippen LogP contribution is 2.43. The van der Waals surface area contributed by atoms with Gasteiger partial charge in [-0.15, -0.1) is 0 Å². The Labute approximate surface area is 194 Å². The topological polar surface area (TPSA) is 66.3 Å². The van der Waals surface area contributed by atoms with Gasteiger partial charge >= 0.3 is 0 Å². The second-order valence-corrected chi connectivity index (χ2v) is 7.60. The summed E-state index contributed by atoms with van der Waals surface area (Å²) in [7, 11) is 1.56. The number of hydrogen-bond donors (Lipinski definition) is 1. The summed E-state index contributed by atoms with van der Waals surface area (Å²) in [5, 5.41) is 3.49. The minimum Gasteiger partial charge on any atom is -0.492 e. The van der Waals surface area contributed by atoms with Crippen molar-refractivity contribution in [3.63, 3.8) is 0 Å². The van der Waals surface area contributed by atoms with Crippen molar-refractivity contribution in [1.82, 2.24) is 9.38 Å². The van der Waals surface area contributed by atoms with E-state index in [0.717, 1.165) is 0 Å². The molecule has 5 rings (SSSR count). The van der Waals surface area contributed by atoms with Gasteiger partial charge in [0.25, 0.3) is 0 Å². The first-order chi connectivity index (χ1) is 16.1. The maximum Gasteiger partial charge on any atom is 0.200 e. The van der Waals surface area contributed by atoms with Gasteiger partial charge in [-0.2, -0.15) is 0 Å². The highest BCUT2D eigenvalue weighted by atomic mass is 35.5. The summed E-state index contributed by atoms with van der Waals surface area (Å²) in [6, 6.07) is 13.7. The Morgan fingerprint density at radius 1 is 1.12 bits per heavy atom. The number of methoxy groups -OCH3 is 1. The quantitative estimate of drug-likeness (QED) is 0.390. The lowest BCUT2D eigenvalue weighted by atomic mass is 10.1. The van der Waals surface area contributed by atoms with Gasteiger partial charge in [0.2, 0.25) is 5.88 Å². The Kier molecular flexibility index (Phi) is 5.60. The van der Waals surface area contributed by atoms with E-state index in [4.69, 9.17) is 30.5 Å². The maximum atomic E-state index is 15.1. The van der Waals surface area contributed by atoms with Crippen LogP contribution in [0.15, 0.2) is 48.5 Å². The van der Waals surface area contributed by atoms with Gasteiger partial charge in [0.05, 0.1) is 24.3 Å². The molecule has 0 unspecified atom stereocenters. The van der Waals surface area contributed by atoms with E-state index >= 15 is 4.39 Å². The molecule has 0 amide bonds. The minimum absolute atomic E-state index is 0.133. The number of nitrogens with one attached hydrogen (secondary N) is 1. The number of fused-ring (bicyclic) bond motifs is 2. The van der Waals surface area contributed by atoms with Crippen LogP contribution in [0, 0.1) is 5.82 Å². The summed E-state index contributed by atoms with van der Waals surface area (Å²) in [4.78, 5) is 4.68. The lowest BCUT2D eigenvalue weighted by Crippen LogP contribution is -2.15. The first-order valence-corrected chi connectivity index (χ1v) is 10.8. The van der Waals surface area contributed by atoms with Crippen LogP contribution in [-0.2, 0) is 0 Å². The van der Waals surface area contributed by atoms with E-state index in [-0.39, 0.29) is 10.6 Å². The normalized spacial score (nSPS) is 12.6. The van der Waals surface area contributed by atoms with Crippen molar-refractivity contribution in [1.29, 1.82) is 0 Å². The second-order valence-electron chi connectivity index (χ2n) is 7.22. The molecule has 3 heterocycles. The molecule has 0 radical (unpaired) electrons. The largest absolute Gasteiger partial charge is 0.492 e. The standard InChI is InChI=1S/C24H21ClFN3O4/c1-3-31-17-10-8-15(26)21(22(17)25)23-24(29-19(28-23)5-4-6-20(29)30-2)27-14-7-9-16-18(13-14)33-12-11-32-16/h4-10,13,27H,3,11-12H2,1-2H3. The van der Waals surface area contributed by atoms with Gasteiger partial charge in [-0.3, -0.25) is 0 Å². The van der Waals surface area contributed by atoms with Crippen LogP contribution in [0.3, 0.4) is 0 Å². The molecule has 170 valence electrons. The Morgan fingerprint density at radius 3 is 2.73 bits per heavy atom. The molecule has 2 aromatic heterocycles. The van der Waals surface area contributed by atoms with Crippen molar-refractivity contribution in [3.05, 3.63) is 59.4 Å². The van der Waals surface area contributed by atoms with Gasteiger partial charge in [-0.05, 0) is 43.3 Å². The van der Waals surface area contributed by atoms with Gasteiger partial charge in [0, 0.05) is 11.8 Å². The molecule has 7 nitrogen and oxygen atoms in total. The Balaban J connectivity index is 1.71. The third kappa shape index (κ3) is 3.76. The van der Waals surface area contributed by atoms with Crippen LogP contribution in [0.1, 0.15) is 6.92 Å². The number of nitrogens with zero attached hydrogens (tertiary/aromatic N) is 2. The number of ether oxygens (including phenoxy) is 4. The SMILES string of the molecule is CCOc1ccc(F)c(-c2nc3cccc(OC)n3c2Nc2ccc3c(c2)OCCO3)c1Cl. The fourth-order valence-electron chi connectivity index (χ4n) is 3.79. The van der Waals surface area contributed by atoms with E-state index in [1.54, 1.807) is 23.6 Å². The molecule has 1 aliphatic rings. The predicted octanol–water partition coefficient (Wildman–Crippen LogP) is 5.72. The van der Waals surface area contributed by atoms with Gasteiger partial charge in [0.15, 0.2) is 11.5 Å². The highest BCUT2D eigenvalue weighted by molar-refractivity contribution is 6.35. The Morgan fingerprint density at radius 2 is 1.94 bits per heavy atom. The summed E-state index contributed by atoms with van der Waals surface area (Å²) >= 11 is 6.59. The van der Waals surface area contributed by atoms with Crippen molar-refractivity contribution in [2.45, 2.75) is 6.92 Å². The molecule has 0 saturated carbocycles.